The van der Waals surface area contributed by atoms with Gasteiger partial charge >= 0.3 is 9.53 Å². The summed E-state index contributed by atoms with van der Waals surface area (Å²) < 4.78 is 16.0. The molecule has 5 heteroatoms. The molecule has 1 radical (unpaired) electrons. The van der Waals surface area contributed by atoms with E-state index in [-0.39, 0.29) is 0 Å². The Morgan fingerprint density at radius 3 is 2.08 bits per heavy atom. The van der Waals surface area contributed by atoms with Crippen LogP contribution < -0.4 is 5.73 Å². The Balaban J connectivity index is 3.33. The van der Waals surface area contributed by atoms with Gasteiger partial charge in [-0.1, -0.05) is 0 Å². The Hall–Kier alpha value is 0.0569. The van der Waals surface area contributed by atoms with Gasteiger partial charge in [0.2, 0.25) is 0 Å². The minimum absolute atomic E-state index is 0.644. The van der Waals surface area contributed by atoms with Crippen molar-refractivity contribution >= 4 is 9.53 Å². The summed E-state index contributed by atoms with van der Waals surface area (Å²) in [4.78, 5) is 0. The summed E-state index contributed by atoms with van der Waals surface area (Å²) in [5.41, 5.74) is 5.35. The molecule has 0 aromatic heterocycles. The van der Waals surface area contributed by atoms with Gasteiger partial charge < -0.3 is 19.0 Å². The van der Waals surface area contributed by atoms with Crippen LogP contribution in [0.3, 0.4) is 0 Å². The number of hydrogen-bond donors (Lipinski definition) is 1. The lowest BCUT2D eigenvalue weighted by Crippen LogP contribution is -2.27. The van der Waals surface area contributed by atoms with Crippen molar-refractivity contribution in [2.75, 3.05) is 26.4 Å². The van der Waals surface area contributed by atoms with E-state index in [1.165, 1.54) is 0 Å². The third-order valence-corrected chi connectivity index (χ3v) is 2.83. The SMILES string of the molecule is CCO[Si](OCC)OCCCCN. The van der Waals surface area contributed by atoms with Gasteiger partial charge in [0.15, 0.2) is 0 Å². The van der Waals surface area contributed by atoms with Gasteiger partial charge in [-0.2, -0.15) is 0 Å². The van der Waals surface area contributed by atoms with E-state index in [0.717, 1.165) is 12.8 Å². The van der Waals surface area contributed by atoms with Crippen LogP contribution in [0, 0.1) is 0 Å². The van der Waals surface area contributed by atoms with E-state index in [0.29, 0.717) is 26.4 Å². The zero-order chi connectivity index (χ0) is 9.94. The van der Waals surface area contributed by atoms with E-state index in [1.807, 2.05) is 13.8 Å². The normalized spacial score (nSPS) is 11.1. The van der Waals surface area contributed by atoms with Crippen LogP contribution in [0.25, 0.3) is 0 Å². The number of rotatable bonds is 9. The molecule has 79 valence electrons. The Bertz CT molecular complexity index is 99.4. The second-order valence-electron chi connectivity index (χ2n) is 2.46. The van der Waals surface area contributed by atoms with E-state index in [4.69, 9.17) is 19.0 Å². The van der Waals surface area contributed by atoms with Gasteiger partial charge in [-0.05, 0) is 33.2 Å². The van der Waals surface area contributed by atoms with Crippen molar-refractivity contribution in [1.82, 2.24) is 0 Å². The fraction of sp³-hybridized carbons (Fsp3) is 1.00. The highest BCUT2D eigenvalue weighted by atomic mass is 28.3. The summed E-state index contributed by atoms with van der Waals surface area (Å²) in [5, 5.41) is 0. The number of unbranched alkanes of at least 4 members (excludes halogenated alkanes) is 1. The third-order valence-electron chi connectivity index (χ3n) is 1.34. The highest BCUT2D eigenvalue weighted by molar-refractivity contribution is 6.36. The van der Waals surface area contributed by atoms with Crippen molar-refractivity contribution < 1.29 is 13.3 Å². The van der Waals surface area contributed by atoms with Crippen molar-refractivity contribution in [3.63, 3.8) is 0 Å². The van der Waals surface area contributed by atoms with Gasteiger partial charge in [-0.15, -0.1) is 0 Å². The monoisotopic (exact) mass is 206 g/mol. The summed E-state index contributed by atoms with van der Waals surface area (Å²) in [6.45, 7) is 6.57. The van der Waals surface area contributed by atoms with Gasteiger partial charge in [-0.3, -0.25) is 0 Å². The van der Waals surface area contributed by atoms with Crippen LogP contribution in [-0.4, -0.2) is 35.9 Å². The minimum Gasteiger partial charge on any atom is -0.371 e. The Morgan fingerprint density at radius 1 is 1.00 bits per heavy atom. The molecular weight excluding hydrogens is 186 g/mol. The summed E-state index contributed by atoms with van der Waals surface area (Å²) in [6.07, 6.45) is 1.97. The molecule has 0 bridgehead atoms. The Kier molecular flexibility index (Phi) is 10.2. The lowest BCUT2D eigenvalue weighted by Gasteiger charge is -2.12. The molecule has 0 rings (SSSR count). The molecule has 0 unspecified atom stereocenters. The van der Waals surface area contributed by atoms with E-state index in [9.17, 15) is 0 Å². The predicted octanol–water partition coefficient (Wildman–Crippen LogP) is 0.800. The fourth-order valence-corrected chi connectivity index (χ4v) is 1.80. The first kappa shape index (κ1) is 13.1. The fourth-order valence-electron chi connectivity index (χ4n) is 0.763. The van der Waals surface area contributed by atoms with Crippen LogP contribution in [0.1, 0.15) is 26.7 Å². The maximum Gasteiger partial charge on any atom is 0.577 e. The lowest BCUT2D eigenvalue weighted by atomic mass is 10.3. The second-order valence-corrected chi connectivity index (χ2v) is 3.83. The predicted molar refractivity (Wildman–Crippen MR) is 53.2 cm³/mol. The first-order valence-electron chi connectivity index (χ1n) is 4.80. The largest absolute Gasteiger partial charge is 0.577 e. The second kappa shape index (κ2) is 10.1. The molecule has 0 saturated carbocycles. The van der Waals surface area contributed by atoms with Crippen LogP contribution >= 0.6 is 0 Å². The molecule has 0 aromatic rings. The molecule has 0 heterocycles. The number of nitrogens with two attached hydrogens (primary N) is 1. The molecule has 0 aliphatic heterocycles. The number of hydrogen-bond acceptors (Lipinski definition) is 4. The smallest absolute Gasteiger partial charge is 0.371 e. The van der Waals surface area contributed by atoms with Gasteiger partial charge in [0.05, 0.1) is 0 Å². The van der Waals surface area contributed by atoms with Crippen LogP contribution in [-0.2, 0) is 13.3 Å². The zero-order valence-corrected chi connectivity index (χ0v) is 9.54. The summed E-state index contributed by atoms with van der Waals surface area (Å²) >= 11 is 0. The van der Waals surface area contributed by atoms with Crippen molar-refractivity contribution in [3.05, 3.63) is 0 Å². The maximum atomic E-state index is 5.43. The van der Waals surface area contributed by atoms with Crippen molar-refractivity contribution in [2.45, 2.75) is 26.7 Å². The van der Waals surface area contributed by atoms with Crippen molar-refractivity contribution in [3.8, 4) is 0 Å². The molecule has 0 atom stereocenters. The van der Waals surface area contributed by atoms with Gasteiger partial charge in [0.25, 0.3) is 0 Å². The van der Waals surface area contributed by atoms with Crippen LogP contribution in [0.4, 0.5) is 0 Å². The van der Waals surface area contributed by atoms with E-state index >= 15 is 0 Å². The topological polar surface area (TPSA) is 53.7 Å². The van der Waals surface area contributed by atoms with E-state index < -0.39 is 9.53 Å². The Labute approximate surface area is 82.3 Å². The quantitative estimate of drug-likeness (QED) is 0.448. The summed E-state index contributed by atoms with van der Waals surface area (Å²) in [6, 6.07) is 0. The van der Waals surface area contributed by atoms with Crippen LogP contribution in [0.2, 0.25) is 0 Å². The maximum absolute atomic E-state index is 5.43. The highest BCUT2D eigenvalue weighted by Crippen LogP contribution is 1.95. The molecule has 0 aromatic carbocycles. The molecule has 0 fully saturated rings. The van der Waals surface area contributed by atoms with Crippen LogP contribution in [0.5, 0.6) is 0 Å². The lowest BCUT2D eigenvalue weighted by molar-refractivity contribution is 0.101. The van der Waals surface area contributed by atoms with Gasteiger partial charge in [-0.25, -0.2) is 0 Å². The molecule has 0 aliphatic carbocycles. The standard InChI is InChI=1S/C8H20NO3Si/c1-3-10-13(11-4-2)12-8-6-5-7-9/h3-9H2,1-2H3. The highest BCUT2D eigenvalue weighted by Gasteiger charge is 2.16. The first-order valence-corrected chi connectivity index (χ1v) is 6.03. The van der Waals surface area contributed by atoms with E-state index in [1.54, 1.807) is 0 Å². The average molecular weight is 206 g/mol. The average Bonchev–Trinajstić information content (AvgIpc) is 2.13. The molecule has 2 N–H and O–H groups in total. The molecule has 4 nitrogen and oxygen atoms in total. The van der Waals surface area contributed by atoms with Gasteiger partial charge in [0, 0.05) is 19.8 Å². The molecule has 0 amide bonds. The summed E-state index contributed by atoms with van der Waals surface area (Å²) in [5.74, 6) is 0. The zero-order valence-electron chi connectivity index (χ0n) is 8.54. The minimum atomic E-state index is -1.47. The molecule has 13 heavy (non-hydrogen) atoms. The van der Waals surface area contributed by atoms with Gasteiger partial charge in [0.1, 0.15) is 0 Å². The first-order chi connectivity index (χ1) is 6.35. The molecule has 0 aliphatic rings. The molecular formula is C8H20NO3Si. The third kappa shape index (κ3) is 8.39. The Morgan fingerprint density at radius 2 is 1.62 bits per heavy atom. The molecule has 0 saturated heterocycles. The van der Waals surface area contributed by atoms with Crippen molar-refractivity contribution in [1.29, 1.82) is 0 Å². The van der Waals surface area contributed by atoms with Crippen LogP contribution in [0.15, 0.2) is 0 Å². The summed E-state index contributed by atoms with van der Waals surface area (Å²) in [7, 11) is -1.47. The van der Waals surface area contributed by atoms with Crippen molar-refractivity contribution in [2.24, 2.45) is 5.73 Å². The van der Waals surface area contributed by atoms with E-state index in [2.05, 4.69) is 0 Å². The molecule has 0 spiro atoms.